The summed E-state index contributed by atoms with van der Waals surface area (Å²) in [6, 6.07) is 11.5. The van der Waals surface area contributed by atoms with E-state index in [1.54, 1.807) is 12.1 Å². The van der Waals surface area contributed by atoms with Gasteiger partial charge in [-0.3, -0.25) is 10.1 Å². The number of imidazole rings is 1. The van der Waals surface area contributed by atoms with Crippen molar-refractivity contribution in [2.75, 3.05) is 31.7 Å². The number of para-hydroxylation sites is 1. The number of amides is 1. The number of carbonyl (C=O) groups is 1. The van der Waals surface area contributed by atoms with E-state index in [2.05, 4.69) is 20.6 Å². The van der Waals surface area contributed by atoms with Crippen LogP contribution in [0.3, 0.4) is 0 Å². The first-order chi connectivity index (χ1) is 14.6. The molecule has 0 aliphatic rings. The van der Waals surface area contributed by atoms with E-state index in [1.165, 1.54) is 0 Å². The van der Waals surface area contributed by atoms with Gasteiger partial charge in [0.25, 0.3) is 5.91 Å². The van der Waals surface area contributed by atoms with E-state index in [-0.39, 0.29) is 19.1 Å². The molecule has 0 atom stereocenters. The standard InChI is InChI=1S/C21H23N5O4/c1-13-4-3-5-15-18(13)30-21(24-15)25-20-23-16-12-14(6-7-17(16)26(20)2)19(28)22-8-10-29-11-9-27/h3-7,12,27H,8-11H2,1-2H3,(H,22,28)(H,23,24,25). The normalized spacial score (nSPS) is 11.3. The number of nitrogens with zero attached hydrogens (tertiary/aromatic N) is 3. The molecule has 0 saturated heterocycles. The highest BCUT2D eigenvalue weighted by Crippen LogP contribution is 2.26. The second-order valence-corrected chi connectivity index (χ2v) is 6.86. The number of carbonyl (C=O) groups excluding carboxylic acids is 1. The summed E-state index contributed by atoms with van der Waals surface area (Å²) in [7, 11) is 1.88. The highest BCUT2D eigenvalue weighted by molar-refractivity contribution is 5.97. The van der Waals surface area contributed by atoms with Gasteiger partial charge in [0.15, 0.2) is 5.58 Å². The molecule has 0 unspecified atom stereocenters. The maximum Gasteiger partial charge on any atom is 0.302 e. The molecule has 0 fully saturated rings. The van der Waals surface area contributed by atoms with Crippen LogP contribution in [0.2, 0.25) is 0 Å². The van der Waals surface area contributed by atoms with Gasteiger partial charge in [-0.25, -0.2) is 4.98 Å². The number of nitrogens with one attached hydrogen (secondary N) is 2. The van der Waals surface area contributed by atoms with Crippen molar-refractivity contribution in [1.29, 1.82) is 0 Å². The number of aliphatic hydroxyl groups excluding tert-OH is 1. The number of anilines is 2. The smallest absolute Gasteiger partial charge is 0.302 e. The number of aromatic nitrogens is 3. The molecule has 2 aromatic heterocycles. The average Bonchev–Trinajstić information content (AvgIpc) is 3.29. The molecule has 0 bridgehead atoms. The average molecular weight is 409 g/mol. The van der Waals surface area contributed by atoms with E-state index >= 15 is 0 Å². The molecule has 2 heterocycles. The summed E-state index contributed by atoms with van der Waals surface area (Å²) in [5, 5.41) is 14.6. The number of oxazole rings is 1. The Bertz CT molecular complexity index is 1200. The Labute approximate surface area is 172 Å². The summed E-state index contributed by atoms with van der Waals surface area (Å²) in [4.78, 5) is 21.4. The molecule has 2 aromatic carbocycles. The molecule has 3 N–H and O–H groups in total. The molecule has 4 aromatic rings. The van der Waals surface area contributed by atoms with E-state index in [4.69, 9.17) is 14.3 Å². The van der Waals surface area contributed by atoms with Crippen molar-refractivity contribution >= 4 is 40.0 Å². The molecular weight excluding hydrogens is 386 g/mol. The number of hydrogen-bond acceptors (Lipinski definition) is 7. The highest BCUT2D eigenvalue weighted by Gasteiger charge is 2.14. The predicted molar refractivity (Wildman–Crippen MR) is 113 cm³/mol. The van der Waals surface area contributed by atoms with Crippen molar-refractivity contribution in [3.8, 4) is 0 Å². The number of rotatable bonds is 8. The van der Waals surface area contributed by atoms with Crippen LogP contribution in [0.1, 0.15) is 15.9 Å². The van der Waals surface area contributed by atoms with E-state index in [0.717, 1.165) is 22.2 Å². The molecule has 0 saturated carbocycles. The fraction of sp³-hybridized carbons (Fsp3) is 0.286. The van der Waals surface area contributed by atoms with Crippen LogP contribution in [0.25, 0.3) is 22.1 Å². The zero-order valence-electron chi connectivity index (χ0n) is 16.8. The number of hydrogen-bond donors (Lipinski definition) is 3. The highest BCUT2D eigenvalue weighted by atomic mass is 16.5. The van der Waals surface area contributed by atoms with Gasteiger partial charge in [0.1, 0.15) is 5.52 Å². The first-order valence-electron chi connectivity index (χ1n) is 9.63. The summed E-state index contributed by atoms with van der Waals surface area (Å²) >= 11 is 0. The van der Waals surface area contributed by atoms with Crippen LogP contribution in [0.4, 0.5) is 12.0 Å². The number of ether oxygens (including phenoxy) is 1. The number of fused-ring (bicyclic) bond motifs is 2. The Morgan fingerprint density at radius 3 is 2.87 bits per heavy atom. The third kappa shape index (κ3) is 3.98. The molecule has 0 aliphatic carbocycles. The summed E-state index contributed by atoms with van der Waals surface area (Å²) in [6.45, 7) is 2.89. The van der Waals surface area contributed by atoms with E-state index in [0.29, 0.717) is 36.2 Å². The van der Waals surface area contributed by atoms with Crippen LogP contribution < -0.4 is 10.6 Å². The van der Waals surface area contributed by atoms with Crippen molar-refractivity contribution < 1.29 is 19.1 Å². The number of aliphatic hydroxyl groups is 1. The minimum atomic E-state index is -0.209. The van der Waals surface area contributed by atoms with Gasteiger partial charge >= 0.3 is 6.01 Å². The van der Waals surface area contributed by atoms with Crippen LogP contribution in [0, 0.1) is 6.92 Å². The van der Waals surface area contributed by atoms with Crippen molar-refractivity contribution in [2.45, 2.75) is 6.92 Å². The third-order valence-electron chi connectivity index (χ3n) is 4.74. The lowest BCUT2D eigenvalue weighted by Crippen LogP contribution is -2.27. The summed E-state index contributed by atoms with van der Waals surface area (Å²) in [5.41, 5.74) is 4.57. The fourth-order valence-electron chi connectivity index (χ4n) is 3.19. The van der Waals surface area contributed by atoms with E-state index in [9.17, 15) is 4.79 Å². The Kier molecular flexibility index (Phi) is 5.64. The van der Waals surface area contributed by atoms with Gasteiger partial charge in [-0.15, -0.1) is 0 Å². The van der Waals surface area contributed by atoms with Crippen molar-refractivity contribution in [2.24, 2.45) is 7.05 Å². The van der Waals surface area contributed by atoms with Gasteiger partial charge in [-0.05, 0) is 36.8 Å². The molecular formula is C21H23N5O4. The molecule has 1 amide bonds. The quantitative estimate of drug-likeness (QED) is 0.383. The van der Waals surface area contributed by atoms with Gasteiger partial charge in [0.05, 0.1) is 30.9 Å². The minimum absolute atomic E-state index is 0.0379. The van der Waals surface area contributed by atoms with Gasteiger partial charge in [0.2, 0.25) is 5.95 Å². The maximum atomic E-state index is 12.3. The molecule has 0 spiro atoms. The summed E-state index contributed by atoms with van der Waals surface area (Å²) < 4.78 is 12.8. The van der Waals surface area contributed by atoms with Gasteiger partial charge in [-0.1, -0.05) is 12.1 Å². The first kappa shape index (κ1) is 19.9. The van der Waals surface area contributed by atoms with E-state index < -0.39 is 0 Å². The van der Waals surface area contributed by atoms with Gasteiger partial charge < -0.3 is 24.1 Å². The molecule has 30 heavy (non-hydrogen) atoms. The first-order valence-corrected chi connectivity index (χ1v) is 9.63. The SMILES string of the molecule is Cc1cccc2nc(Nc3nc4cc(C(=O)NCCOCCO)ccc4n3C)oc12. The fourth-order valence-corrected chi connectivity index (χ4v) is 3.19. The molecule has 0 radical (unpaired) electrons. The lowest BCUT2D eigenvalue weighted by molar-refractivity contribution is 0.0838. The van der Waals surface area contributed by atoms with Gasteiger partial charge in [-0.2, -0.15) is 4.98 Å². The Morgan fingerprint density at radius 2 is 2.07 bits per heavy atom. The van der Waals surface area contributed by atoms with Crippen molar-refractivity contribution in [3.05, 3.63) is 47.5 Å². The zero-order chi connectivity index (χ0) is 21.1. The van der Waals surface area contributed by atoms with Crippen LogP contribution in [-0.2, 0) is 11.8 Å². The topological polar surface area (TPSA) is 114 Å². The monoisotopic (exact) mass is 409 g/mol. The summed E-state index contributed by atoms with van der Waals surface area (Å²) in [5.74, 6) is 0.350. The maximum absolute atomic E-state index is 12.3. The zero-order valence-corrected chi connectivity index (χ0v) is 16.8. The molecule has 0 aliphatic heterocycles. The molecule has 9 nitrogen and oxygen atoms in total. The second-order valence-electron chi connectivity index (χ2n) is 6.86. The van der Waals surface area contributed by atoms with Crippen molar-refractivity contribution in [1.82, 2.24) is 19.9 Å². The number of benzene rings is 2. The Morgan fingerprint density at radius 1 is 1.20 bits per heavy atom. The number of aryl methyl sites for hydroxylation is 2. The Balaban J connectivity index is 1.51. The van der Waals surface area contributed by atoms with Crippen LogP contribution >= 0.6 is 0 Å². The third-order valence-corrected chi connectivity index (χ3v) is 4.74. The van der Waals surface area contributed by atoms with Gasteiger partial charge in [0, 0.05) is 19.2 Å². The largest absolute Gasteiger partial charge is 0.423 e. The second kappa shape index (κ2) is 8.52. The van der Waals surface area contributed by atoms with Crippen LogP contribution in [0.5, 0.6) is 0 Å². The van der Waals surface area contributed by atoms with Crippen LogP contribution in [0.15, 0.2) is 40.8 Å². The predicted octanol–water partition coefficient (Wildman–Crippen LogP) is 2.51. The molecule has 9 heteroatoms. The molecule has 4 rings (SSSR count). The molecule has 156 valence electrons. The van der Waals surface area contributed by atoms with Crippen LogP contribution in [-0.4, -0.2) is 51.9 Å². The lowest BCUT2D eigenvalue weighted by Gasteiger charge is -2.06. The lowest BCUT2D eigenvalue weighted by atomic mass is 10.2. The Hall–Kier alpha value is -3.43. The minimum Gasteiger partial charge on any atom is -0.423 e. The van der Waals surface area contributed by atoms with E-state index in [1.807, 2.05) is 42.8 Å². The van der Waals surface area contributed by atoms with Crippen molar-refractivity contribution in [3.63, 3.8) is 0 Å². The summed E-state index contributed by atoms with van der Waals surface area (Å²) in [6.07, 6.45) is 0.